The van der Waals surface area contributed by atoms with Crippen molar-refractivity contribution in [1.29, 1.82) is 0 Å². The minimum atomic E-state index is 0.633. The first-order chi connectivity index (χ1) is 24.7. The molecule has 10 rings (SSSR count). The van der Waals surface area contributed by atoms with Crippen LogP contribution in [0.15, 0.2) is 174 Å². The standard InChI is InChI=1S/C45H28N4S/c1-2-10-28(11-3-1)29-18-20-30(21-19-29)43-47-44(49-45(48-43)32-23-25-42-40(27-32)46-39-16-8-9-17-41(39)50-42)31-22-24-37-35-14-5-4-12-33(35)34-13-6-7-15-36(34)38(37)26-31/h1-27,46H. The number of benzene rings is 8. The van der Waals surface area contributed by atoms with Gasteiger partial charge in [0.25, 0.3) is 0 Å². The van der Waals surface area contributed by atoms with Crippen LogP contribution in [0.25, 0.3) is 77.6 Å². The summed E-state index contributed by atoms with van der Waals surface area (Å²) in [6, 6.07) is 57.6. The highest BCUT2D eigenvalue weighted by Gasteiger charge is 2.19. The Morgan fingerprint density at radius 2 is 0.780 bits per heavy atom. The summed E-state index contributed by atoms with van der Waals surface area (Å²) >= 11 is 1.77. The van der Waals surface area contributed by atoms with Gasteiger partial charge >= 0.3 is 0 Å². The number of hydrogen-bond donors (Lipinski definition) is 1. The second-order valence-electron chi connectivity index (χ2n) is 12.5. The smallest absolute Gasteiger partial charge is 0.164 e. The first-order valence-electron chi connectivity index (χ1n) is 16.7. The Morgan fingerprint density at radius 1 is 0.320 bits per heavy atom. The Labute approximate surface area is 293 Å². The molecule has 2 heterocycles. The van der Waals surface area contributed by atoms with E-state index in [1.54, 1.807) is 11.8 Å². The molecule has 1 aromatic heterocycles. The molecule has 8 aromatic carbocycles. The largest absolute Gasteiger partial charge is 0.354 e. The van der Waals surface area contributed by atoms with E-state index in [0.29, 0.717) is 17.5 Å². The van der Waals surface area contributed by atoms with Crippen LogP contribution in [0.3, 0.4) is 0 Å². The van der Waals surface area contributed by atoms with Crippen LogP contribution >= 0.6 is 11.8 Å². The molecule has 0 atom stereocenters. The van der Waals surface area contributed by atoms with E-state index in [4.69, 9.17) is 15.0 Å². The lowest BCUT2D eigenvalue weighted by Gasteiger charge is -2.21. The molecule has 0 aliphatic carbocycles. The van der Waals surface area contributed by atoms with Gasteiger partial charge in [-0.2, -0.15) is 0 Å². The number of para-hydroxylation sites is 1. The number of nitrogens with zero attached hydrogens (tertiary/aromatic N) is 3. The monoisotopic (exact) mass is 656 g/mol. The van der Waals surface area contributed by atoms with Gasteiger partial charge in [0.1, 0.15) is 0 Å². The van der Waals surface area contributed by atoms with Crippen molar-refractivity contribution in [3.63, 3.8) is 0 Å². The number of anilines is 2. The third kappa shape index (κ3) is 4.90. The second-order valence-corrected chi connectivity index (χ2v) is 13.6. The van der Waals surface area contributed by atoms with E-state index in [1.807, 2.05) is 6.07 Å². The van der Waals surface area contributed by atoms with Crippen molar-refractivity contribution >= 4 is 55.5 Å². The normalized spacial score (nSPS) is 12.1. The summed E-state index contributed by atoms with van der Waals surface area (Å²) < 4.78 is 0. The maximum atomic E-state index is 5.15. The fourth-order valence-electron chi connectivity index (χ4n) is 7.03. The van der Waals surface area contributed by atoms with Gasteiger partial charge in [0.05, 0.1) is 11.4 Å². The van der Waals surface area contributed by atoms with Crippen LogP contribution in [-0.2, 0) is 0 Å². The van der Waals surface area contributed by atoms with E-state index in [2.05, 4.69) is 163 Å². The summed E-state index contributed by atoms with van der Waals surface area (Å²) in [7, 11) is 0. The third-order valence-corrected chi connectivity index (χ3v) is 10.7. The molecule has 0 saturated heterocycles. The molecule has 0 fully saturated rings. The van der Waals surface area contributed by atoms with Crippen LogP contribution in [0.4, 0.5) is 11.4 Å². The van der Waals surface area contributed by atoms with E-state index in [-0.39, 0.29) is 0 Å². The fraction of sp³-hybridized carbons (Fsp3) is 0. The van der Waals surface area contributed by atoms with E-state index < -0.39 is 0 Å². The second kappa shape index (κ2) is 11.7. The number of aromatic nitrogens is 3. The van der Waals surface area contributed by atoms with Gasteiger partial charge < -0.3 is 5.32 Å². The highest BCUT2D eigenvalue weighted by atomic mass is 32.2. The van der Waals surface area contributed by atoms with Crippen molar-refractivity contribution in [3.8, 4) is 45.3 Å². The van der Waals surface area contributed by atoms with Gasteiger partial charge in [-0.1, -0.05) is 139 Å². The van der Waals surface area contributed by atoms with Crippen LogP contribution in [0.5, 0.6) is 0 Å². The zero-order valence-electron chi connectivity index (χ0n) is 26.8. The van der Waals surface area contributed by atoms with E-state index >= 15 is 0 Å². The molecule has 50 heavy (non-hydrogen) atoms. The SMILES string of the molecule is c1ccc(-c2ccc(-c3nc(-c4ccc5c(c4)Nc4ccccc4S5)nc(-c4ccc5c6ccccc6c6ccccc6c5c4)n3)cc2)cc1. The van der Waals surface area contributed by atoms with Crippen molar-refractivity contribution in [3.05, 3.63) is 164 Å². The number of hydrogen-bond acceptors (Lipinski definition) is 5. The van der Waals surface area contributed by atoms with Crippen molar-refractivity contribution in [1.82, 2.24) is 15.0 Å². The molecular weight excluding hydrogens is 629 g/mol. The molecule has 5 heteroatoms. The van der Waals surface area contributed by atoms with Crippen molar-refractivity contribution in [2.75, 3.05) is 5.32 Å². The molecule has 0 unspecified atom stereocenters. The van der Waals surface area contributed by atoms with Crippen LogP contribution in [-0.4, -0.2) is 15.0 Å². The summed E-state index contributed by atoms with van der Waals surface area (Å²) in [6.07, 6.45) is 0. The zero-order valence-corrected chi connectivity index (χ0v) is 27.7. The Hall–Kier alpha value is -6.30. The number of nitrogens with one attached hydrogen (secondary N) is 1. The summed E-state index contributed by atoms with van der Waals surface area (Å²) in [6.45, 7) is 0. The third-order valence-electron chi connectivity index (χ3n) is 9.50. The van der Waals surface area contributed by atoms with Crippen molar-refractivity contribution in [2.24, 2.45) is 0 Å². The van der Waals surface area contributed by atoms with E-state index in [9.17, 15) is 0 Å². The number of fused-ring (bicyclic) bond motifs is 8. The quantitative estimate of drug-likeness (QED) is 0.191. The molecule has 1 aliphatic heterocycles. The van der Waals surface area contributed by atoms with Gasteiger partial charge in [-0.3, -0.25) is 0 Å². The Kier molecular flexibility index (Phi) is 6.71. The molecule has 0 spiro atoms. The maximum Gasteiger partial charge on any atom is 0.164 e. The molecule has 234 valence electrons. The van der Waals surface area contributed by atoms with Crippen LogP contribution in [0.2, 0.25) is 0 Å². The number of rotatable bonds is 4. The lowest BCUT2D eigenvalue weighted by Crippen LogP contribution is -2.02. The first-order valence-corrected chi connectivity index (χ1v) is 17.5. The minimum absolute atomic E-state index is 0.633. The maximum absolute atomic E-state index is 5.15. The Bertz CT molecular complexity index is 2720. The Balaban J connectivity index is 1.14. The molecule has 1 N–H and O–H groups in total. The van der Waals surface area contributed by atoms with Crippen molar-refractivity contribution in [2.45, 2.75) is 9.79 Å². The van der Waals surface area contributed by atoms with Gasteiger partial charge in [-0.25, -0.2) is 15.0 Å². The fourth-order valence-corrected chi connectivity index (χ4v) is 8.00. The van der Waals surface area contributed by atoms with Gasteiger partial charge in [-0.05, 0) is 79.8 Å². The summed E-state index contributed by atoms with van der Waals surface area (Å²) in [4.78, 5) is 17.8. The topological polar surface area (TPSA) is 50.7 Å². The zero-order chi connectivity index (χ0) is 33.0. The molecule has 0 radical (unpaired) electrons. The summed E-state index contributed by atoms with van der Waals surface area (Å²) in [5.41, 5.74) is 7.29. The van der Waals surface area contributed by atoms with Crippen LogP contribution in [0, 0.1) is 0 Å². The minimum Gasteiger partial charge on any atom is -0.354 e. The van der Waals surface area contributed by atoms with E-state index in [0.717, 1.165) is 33.6 Å². The molecule has 4 nitrogen and oxygen atoms in total. The molecule has 1 aliphatic rings. The van der Waals surface area contributed by atoms with Gasteiger partial charge in [0, 0.05) is 26.5 Å². The molecular formula is C45H28N4S. The molecule has 0 amide bonds. The highest BCUT2D eigenvalue weighted by molar-refractivity contribution is 7.99. The molecule has 0 saturated carbocycles. The lowest BCUT2D eigenvalue weighted by molar-refractivity contribution is 1.07. The highest BCUT2D eigenvalue weighted by Crippen LogP contribution is 2.45. The molecule has 0 bridgehead atoms. The lowest BCUT2D eigenvalue weighted by atomic mass is 9.93. The van der Waals surface area contributed by atoms with Gasteiger partial charge in [-0.15, -0.1) is 0 Å². The van der Waals surface area contributed by atoms with Gasteiger partial charge in [0.2, 0.25) is 0 Å². The average molecular weight is 657 g/mol. The first kappa shape index (κ1) is 28.7. The average Bonchev–Trinajstić information content (AvgIpc) is 3.20. The Morgan fingerprint density at radius 3 is 1.48 bits per heavy atom. The summed E-state index contributed by atoms with van der Waals surface area (Å²) in [5.74, 6) is 1.91. The van der Waals surface area contributed by atoms with Crippen LogP contribution < -0.4 is 5.32 Å². The predicted molar refractivity (Wildman–Crippen MR) is 208 cm³/mol. The predicted octanol–water partition coefficient (Wildman–Crippen LogP) is 12.2. The van der Waals surface area contributed by atoms with E-state index in [1.165, 1.54) is 47.7 Å². The van der Waals surface area contributed by atoms with Crippen LogP contribution in [0.1, 0.15) is 0 Å². The summed E-state index contributed by atoms with van der Waals surface area (Å²) in [5, 5.41) is 11.0. The van der Waals surface area contributed by atoms with Crippen molar-refractivity contribution < 1.29 is 0 Å². The van der Waals surface area contributed by atoms with Gasteiger partial charge in [0.15, 0.2) is 17.5 Å². The molecule has 9 aromatic rings.